The maximum absolute atomic E-state index is 14.1. The standard InChI is InChI=1S/C14H18F2N2OS/c1-18(8-14(19)6-2-3-7-14)10-5-4-9(13(17)20)11(15)12(10)16/h4-5,19H,2-3,6-8H2,1H3,(H2,17,20). The molecule has 0 radical (unpaired) electrons. The number of nitrogens with zero attached hydrogens (tertiary/aromatic N) is 1. The van der Waals surface area contributed by atoms with Gasteiger partial charge in [-0.2, -0.15) is 0 Å². The molecule has 0 atom stereocenters. The minimum absolute atomic E-state index is 0.0998. The van der Waals surface area contributed by atoms with Gasteiger partial charge < -0.3 is 15.7 Å². The first-order valence-corrected chi connectivity index (χ1v) is 6.96. The second-order valence-corrected chi connectivity index (χ2v) is 5.85. The normalized spacial score (nSPS) is 17.2. The topological polar surface area (TPSA) is 49.5 Å². The Morgan fingerprint density at radius 3 is 2.50 bits per heavy atom. The summed E-state index contributed by atoms with van der Waals surface area (Å²) in [5.74, 6) is -2.03. The number of likely N-dealkylation sites (N-methyl/N-ethyl adjacent to an activating group) is 1. The van der Waals surface area contributed by atoms with Crippen LogP contribution in [0.2, 0.25) is 0 Å². The molecule has 20 heavy (non-hydrogen) atoms. The van der Waals surface area contributed by atoms with E-state index in [1.54, 1.807) is 7.05 Å². The van der Waals surface area contributed by atoms with Crippen molar-refractivity contribution in [2.75, 3.05) is 18.5 Å². The van der Waals surface area contributed by atoms with Crippen LogP contribution in [0, 0.1) is 11.6 Å². The maximum Gasteiger partial charge on any atom is 0.182 e. The number of hydrogen-bond acceptors (Lipinski definition) is 3. The molecule has 0 unspecified atom stereocenters. The molecule has 1 aromatic rings. The van der Waals surface area contributed by atoms with Gasteiger partial charge in [0.05, 0.1) is 11.3 Å². The minimum Gasteiger partial charge on any atom is -0.389 e. The number of hydrogen-bond donors (Lipinski definition) is 2. The molecule has 1 saturated carbocycles. The number of anilines is 1. The van der Waals surface area contributed by atoms with Gasteiger partial charge in [0.1, 0.15) is 4.99 Å². The van der Waals surface area contributed by atoms with E-state index in [9.17, 15) is 13.9 Å². The molecule has 1 aliphatic rings. The van der Waals surface area contributed by atoms with Crippen molar-refractivity contribution in [3.8, 4) is 0 Å². The molecule has 0 aliphatic heterocycles. The van der Waals surface area contributed by atoms with E-state index in [2.05, 4.69) is 12.2 Å². The summed E-state index contributed by atoms with van der Waals surface area (Å²) in [6.45, 7) is 0.274. The smallest absolute Gasteiger partial charge is 0.182 e. The summed E-state index contributed by atoms with van der Waals surface area (Å²) in [5, 5.41) is 10.3. The second kappa shape index (κ2) is 5.61. The maximum atomic E-state index is 14.1. The number of halogens is 2. The van der Waals surface area contributed by atoms with Gasteiger partial charge in [-0.25, -0.2) is 8.78 Å². The van der Waals surface area contributed by atoms with Crippen LogP contribution in [-0.4, -0.2) is 29.3 Å². The van der Waals surface area contributed by atoms with Crippen molar-refractivity contribution in [3.63, 3.8) is 0 Å². The second-order valence-electron chi connectivity index (χ2n) is 5.41. The monoisotopic (exact) mass is 300 g/mol. The average Bonchev–Trinajstić information content (AvgIpc) is 2.78. The predicted molar refractivity (Wildman–Crippen MR) is 78.9 cm³/mol. The first-order chi connectivity index (χ1) is 9.34. The van der Waals surface area contributed by atoms with E-state index >= 15 is 0 Å². The highest BCUT2D eigenvalue weighted by atomic mass is 32.1. The predicted octanol–water partition coefficient (Wildman–Crippen LogP) is 2.34. The highest BCUT2D eigenvalue weighted by molar-refractivity contribution is 7.80. The molecule has 3 nitrogen and oxygen atoms in total. The van der Waals surface area contributed by atoms with Crippen LogP contribution < -0.4 is 10.6 Å². The fourth-order valence-electron chi connectivity index (χ4n) is 2.74. The Hall–Kier alpha value is -1.27. The van der Waals surface area contributed by atoms with Crippen molar-refractivity contribution < 1.29 is 13.9 Å². The lowest BCUT2D eigenvalue weighted by Gasteiger charge is -2.30. The molecule has 6 heteroatoms. The highest BCUT2D eigenvalue weighted by Crippen LogP contribution is 2.32. The third-order valence-corrected chi connectivity index (χ3v) is 4.02. The molecule has 110 valence electrons. The Bertz CT molecular complexity index is 530. The number of thiocarbonyl (C=S) groups is 1. The van der Waals surface area contributed by atoms with Gasteiger partial charge in [-0.05, 0) is 25.0 Å². The molecule has 3 N–H and O–H groups in total. The molecule has 0 amide bonds. The van der Waals surface area contributed by atoms with Crippen molar-refractivity contribution >= 4 is 22.9 Å². The van der Waals surface area contributed by atoms with Crippen LogP contribution >= 0.6 is 12.2 Å². The van der Waals surface area contributed by atoms with Crippen molar-refractivity contribution in [1.29, 1.82) is 0 Å². The first kappa shape index (κ1) is 15.1. The SMILES string of the molecule is CN(CC1(O)CCCC1)c1ccc(C(N)=S)c(F)c1F. The zero-order valence-corrected chi connectivity index (χ0v) is 12.1. The van der Waals surface area contributed by atoms with Crippen molar-refractivity contribution in [1.82, 2.24) is 0 Å². The van der Waals surface area contributed by atoms with Crippen molar-refractivity contribution in [2.24, 2.45) is 5.73 Å². The summed E-state index contributed by atoms with van der Waals surface area (Å²) < 4.78 is 27.9. The molecular weight excluding hydrogens is 282 g/mol. The fourth-order valence-corrected chi connectivity index (χ4v) is 2.90. The van der Waals surface area contributed by atoms with Crippen LogP contribution in [0.25, 0.3) is 0 Å². The average molecular weight is 300 g/mol. The Balaban J connectivity index is 2.24. The lowest BCUT2D eigenvalue weighted by molar-refractivity contribution is 0.0558. The number of aliphatic hydroxyl groups is 1. The van der Waals surface area contributed by atoms with Crippen LogP contribution in [0.5, 0.6) is 0 Å². The van der Waals surface area contributed by atoms with Crippen LogP contribution in [0.4, 0.5) is 14.5 Å². The van der Waals surface area contributed by atoms with Gasteiger partial charge in [0, 0.05) is 19.2 Å². The summed E-state index contributed by atoms with van der Waals surface area (Å²) in [5.41, 5.74) is 4.51. The molecule has 1 aromatic carbocycles. The Labute approximate surface area is 122 Å². The zero-order chi connectivity index (χ0) is 14.9. The van der Waals surface area contributed by atoms with E-state index in [0.717, 1.165) is 12.8 Å². The van der Waals surface area contributed by atoms with Gasteiger partial charge in [-0.15, -0.1) is 0 Å². The molecule has 0 heterocycles. The van der Waals surface area contributed by atoms with Crippen molar-refractivity contribution in [3.05, 3.63) is 29.3 Å². The molecular formula is C14H18F2N2OS. The van der Waals surface area contributed by atoms with E-state index in [4.69, 9.17) is 5.73 Å². The van der Waals surface area contributed by atoms with Gasteiger partial charge in [0.25, 0.3) is 0 Å². The summed E-state index contributed by atoms with van der Waals surface area (Å²) in [6.07, 6.45) is 3.29. The number of rotatable bonds is 4. The largest absolute Gasteiger partial charge is 0.389 e. The lowest BCUT2D eigenvalue weighted by Crippen LogP contribution is -2.39. The molecule has 0 aromatic heterocycles. The minimum atomic E-state index is -1.04. The van der Waals surface area contributed by atoms with Gasteiger partial charge >= 0.3 is 0 Å². The van der Waals surface area contributed by atoms with Crippen LogP contribution in [0.3, 0.4) is 0 Å². The number of nitrogens with two attached hydrogens (primary N) is 1. The van der Waals surface area contributed by atoms with Crippen LogP contribution in [0.1, 0.15) is 31.2 Å². The number of benzene rings is 1. The summed E-state index contributed by atoms with van der Waals surface area (Å²) in [7, 11) is 1.63. The van der Waals surface area contributed by atoms with Gasteiger partial charge in [0.2, 0.25) is 0 Å². The zero-order valence-electron chi connectivity index (χ0n) is 11.3. The third kappa shape index (κ3) is 2.91. The van der Waals surface area contributed by atoms with Crippen molar-refractivity contribution in [2.45, 2.75) is 31.3 Å². The third-order valence-electron chi connectivity index (χ3n) is 3.80. The Morgan fingerprint density at radius 2 is 1.95 bits per heavy atom. The molecule has 1 fully saturated rings. The molecule has 0 saturated heterocycles. The fraction of sp³-hybridized carbons (Fsp3) is 0.500. The van der Waals surface area contributed by atoms with Crippen LogP contribution in [-0.2, 0) is 0 Å². The van der Waals surface area contributed by atoms with Gasteiger partial charge in [-0.1, -0.05) is 25.1 Å². The van der Waals surface area contributed by atoms with E-state index in [1.165, 1.54) is 17.0 Å². The van der Waals surface area contributed by atoms with Crippen LogP contribution in [0.15, 0.2) is 12.1 Å². The Kier molecular flexibility index (Phi) is 4.25. The summed E-state index contributed by atoms with van der Waals surface area (Å²) in [4.78, 5) is 1.36. The highest BCUT2D eigenvalue weighted by Gasteiger charge is 2.33. The molecule has 0 bridgehead atoms. The van der Waals surface area contributed by atoms with Gasteiger partial charge in [-0.3, -0.25) is 0 Å². The lowest BCUT2D eigenvalue weighted by atomic mass is 10.0. The van der Waals surface area contributed by atoms with E-state index < -0.39 is 17.2 Å². The molecule has 2 rings (SSSR count). The summed E-state index contributed by atoms with van der Waals surface area (Å²) >= 11 is 4.67. The summed E-state index contributed by atoms with van der Waals surface area (Å²) in [6, 6.07) is 2.80. The Morgan fingerprint density at radius 1 is 1.35 bits per heavy atom. The van der Waals surface area contributed by atoms with E-state index in [1.807, 2.05) is 0 Å². The van der Waals surface area contributed by atoms with E-state index in [-0.39, 0.29) is 22.8 Å². The first-order valence-electron chi connectivity index (χ1n) is 6.55. The molecule has 1 aliphatic carbocycles. The van der Waals surface area contributed by atoms with Gasteiger partial charge in [0.15, 0.2) is 11.6 Å². The quantitative estimate of drug-likeness (QED) is 0.838. The molecule has 0 spiro atoms. The van der Waals surface area contributed by atoms with E-state index in [0.29, 0.717) is 12.8 Å².